The SMILES string of the molecule is COc1ccc(C)cc1N(C)CC(C)(C)O. The first-order valence-electron chi connectivity index (χ1n) is 5.41. The lowest BCUT2D eigenvalue weighted by Crippen LogP contribution is -2.36. The van der Waals surface area contributed by atoms with Gasteiger partial charge in [-0.3, -0.25) is 0 Å². The molecule has 1 N–H and O–H groups in total. The summed E-state index contributed by atoms with van der Waals surface area (Å²) in [6.07, 6.45) is 0. The number of rotatable bonds is 4. The van der Waals surface area contributed by atoms with Crippen molar-refractivity contribution in [3.63, 3.8) is 0 Å². The van der Waals surface area contributed by atoms with E-state index in [9.17, 15) is 5.11 Å². The molecule has 0 amide bonds. The Hall–Kier alpha value is -1.22. The van der Waals surface area contributed by atoms with E-state index in [1.807, 2.05) is 31.0 Å². The average Bonchev–Trinajstić information content (AvgIpc) is 2.15. The van der Waals surface area contributed by atoms with Gasteiger partial charge >= 0.3 is 0 Å². The Kier molecular flexibility index (Phi) is 3.81. The van der Waals surface area contributed by atoms with Crippen LogP contribution < -0.4 is 9.64 Å². The molecule has 0 unspecified atom stereocenters. The molecule has 0 heterocycles. The van der Waals surface area contributed by atoms with Gasteiger partial charge < -0.3 is 14.7 Å². The first-order chi connectivity index (χ1) is 7.33. The second kappa shape index (κ2) is 4.74. The van der Waals surface area contributed by atoms with Crippen LogP contribution in [0.3, 0.4) is 0 Å². The molecule has 0 fully saturated rings. The zero-order valence-corrected chi connectivity index (χ0v) is 10.7. The van der Waals surface area contributed by atoms with Gasteiger partial charge in [0, 0.05) is 13.6 Å². The molecule has 3 nitrogen and oxygen atoms in total. The zero-order chi connectivity index (χ0) is 12.3. The highest BCUT2D eigenvalue weighted by Crippen LogP contribution is 2.29. The minimum absolute atomic E-state index is 0.562. The molecule has 0 aliphatic rings. The lowest BCUT2D eigenvalue weighted by molar-refractivity contribution is 0.0885. The Morgan fingerprint density at radius 3 is 2.50 bits per heavy atom. The topological polar surface area (TPSA) is 32.7 Å². The number of methoxy groups -OCH3 is 1. The largest absolute Gasteiger partial charge is 0.495 e. The van der Waals surface area contributed by atoms with Crippen LogP contribution in [0.5, 0.6) is 5.75 Å². The number of hydrogen-bond acceptors (Lipinski definition) is 3. The molecular weight excluding hydrogens is 202 g/mol. The standard InChI is InChI=1S/C13H21NO2/c1-10-6-7-12(16-5)11(8-10)14(4)9-13(2,3)15/h6-8,15H,9H2,1-5H3. The van der Waals surface area contributed by atoms with E-state index in [-0.39, 0.29) is 0 Å². The van der Waals surface area contributed by atoms with Gasteiger partial charge in [-0.15, -0.1) is 0 Å². The van der Waals surface area contributed by atoms with Gasteiger partial charge in [-0.2, -0.15) is 0 Å². The van der Waals surface area contributed by atoms with Gasteiger partial charge in [-0.25, -0.2) is 0 Å². The van der Waals surface area contributed by atoms with Crippen molar-refractivity contribution in [3.8, 4) is 5.75 Å². The number of benzene rings is 1. The first kappa shape index (κ1) is 12.8. The maximum Gasteiger partial charge on any atom is 0.142 e. The molecule has 3 heteroatoms. The van der Waals surface area contributed by atoms with Crippen LogP contribution in [0.2, 0.25) is 0 Å². The van der Waals surface area contributed by atoms with Gasteiger partial charge in [0.05, 0.1) is 18.4 Å². The number of ether oxygens (including phenoxy) is 1. The van der Waals surface area contributed by atoms with Crippen LogP contribution in [0, 0.1) is 6.92 Å². The van der Waals surface area contributed by atoms with Crippen molar-refractivity contribution in [1.29, 1.82) is 0 Å². The minimum atomic E-state index is -0.719. The van der Waals surface area contributed by atoms with Crippen molar-refractivity contribution in [2.24, 2.45) is 0 Å². The lowest BCUT2D eigenvalue weighted by Gasteiger charge is -2.28. The third-order valence-electron chi connectivity index (χ3n) is 2.37. The molecule has 0 aliphatic carbocycles. The van der Waals surface area contributed by atoms with E-state index in [4.69, 9.17) is 4.74 Å². The summed E-state index contributed by atoms with van der Waals surface area (Å²) in [7, 11) is 3.61. The summed E-state index contributed by atoms with van der Waals surface area (Å²) in [6.45, 7) is 6.20. The quantitative estimate of drug-likeness (QED) is 0.849. The third kappa shape index (κ3) is 3.42. The molecule has 0 bridgehead atoms. The fraction of sp³-hybridized carbons (Fsp3) is 0.538. The fourth-order valence-corrected chi connectivity index (χ4v) is 1.76. The fourth-order valence-electron chi connectivity index (χ4n) is 1.76. The van der Waals surface area contributed by atoms with Crippen LogP contribution in [-0.2, 0) is 0 Å². The second-order valence-corrected chi connectivity index (χ2v) is 4.84. The molecule has 0 saturated heterocycles. The summed E-state index contributed by atoms with van der Waals surface area (Å²) in [5.41, 5.74) is 1.46. The van der Waals surface area contributed by atoms with E-state index in [1.54, 1.807) is 21.0 Å². The van der Waals surface area contributed by atoms with Gasteiger partial charge in [-0.05, 0) is 38.5 Å². The highest BCUT2D eigenvalue weighted by atomic mass is 16.5. The Labute approximate surface area is 97.7 Å². The summed E-state index contributed by atoms with van der Waals surface area (Å²) in [4.78, 5) is 2.01. The van der Waals surface area contributed by atoms with E-state index in [2.05, 4.69) is 6.07 Å². The van der Waals surface area contributed by atoms with Gasteiger partial charge in [-0.1, -0.05) is 6.07 Å². The average molecular weight is 223 g/mol. The molecule has 0 aliphatic heterocycles. The summed E-state index contributed by atoms with van der Waals surface area (Å²) in [5, 5.41) is 9.80. The van der Waals surface area contributed by atoms with Crippen molar-refractivity contribution < 1.29 is 9.84 Å². The molecule has 1 aromatic rings. The number of aryl methyl sites for hydroxylation is 1. The number of nitrogens with zero attached hydrogens (tertiary/aromatic N) is 1. The van der Waals surface area contributed by atoms with Gasteiger partial charge in [0.1, 0.15) is 5.75 Å². The molecule has 16 heavy (non-hydrogen) atoms. The predicted molar refractivity (Wildman–Crippen MR) is 67.3 cm³/mol. The lowest BCUT2D eigenvalue weighted by atomic mass is 10.1. The van der Waals surface area contributed by atoms with Gasteiger partial charge in [0.25, 0.3) is 0 Å². The van der Waals surface area contributed by atoms with E-state index in [0.29, 0.717) is 6.54 Å². The number of likely N-dealkylation sites (N-methyl/N-ethyl adjacent to an activating group) is 1. The van der Waals surface area contributed by atoms with Gasteiger partial charge in [0.15, 0.2) is 0 Å². The Balaban J connectivity index is 2.97. The van der Waals surface area contributed by atoms with Gasteiger partial charge in [0.2, 0.25) is 0 Å². The molecule has 0 radical (unpaired) electrons. The molecule has 0 aromatic heterocycles. The highest BCUT2D eigenvalue weighted by Gasteiger charge is 2.18. The van der Waals surface area contributed by atoms with E-state index in [0.717, 1.165) is 11.4 Å². The molecule has 90 valence electrons. The molecule has 1 aromatic carbocycles. The maximum atomic E-state index is 9.80. The number of hydrogen-bond donors (Lipinski definition) is 1. The number of aliphatic hydroxyl groups is 1. The van der Waals surface area contributed by atoms with E-state index < -0.39 is 5.60 Å². The zero-order valence-electron chi connectivity index (χ0n) is 10.7. The van der Waals surface area contributed by atoms with Crippen LogP contribution in [0.4, 0.5) is 5.69 Å². The van der Waals surface area contributed by atoms with E-state index >= 15 is 0 Å². The van der Waals surface area contributed by atoms with Crippen LogP contribution in [0.15, 0.2) is 18.2 Å². The summed E-state index contributed by atoms with van der Waals surface area (Å²) >= 11 is 0. The predicted octanol–water partition coefficient (Wildman–Crippen LogP) is 2.21. The minimum Gasteiger partial charge on any atom is -0.495 e. The normalized spacial score (nSPS) is 11.4. The summed E-state index contributed by atoms with van der Waals surface area (Å²) in [5.74, 6) is 0.831. The Morgan fingerprint density at radius 2 is 2.00 bits per heavy atom. The van der Waals surface area contributed by atoms with Crippen molar-refractivity contribution in [2.45, 2.75) is 26.4 Å². The molecule has 0 atom stereocenters. The third-order valence-corrected chi connectivity index (χ3v) is 2.37. The van der Waals surface area contributed by atoms with Crippen molar-refractivity contribution in [3.05, 3.63) is 23.8 Å². The van der Waals surface area contributed by atoms with Crippen LogP contribution in [0.1, 0.15) is 19.4 Å². The smallest absolute Gasteiger partial charge is 0.142 e. The van der Waals surface area contributed by atoms with E-state index in [1.165, 1.54) is 5.56 Å². The number of anilines is 1. The molecule has 0 saturated carbocycles. The van der Waals surface area contributed by atoms with Crippen LogP contribution in [-0.4, -0.2) is 31.4 Å². The Bertz CT molecular complexity index is 355. The Morgan fingerprint density at radius 1 is 1.38 bits per heavy atom. The van der Waals surface area contributed by atoms with Crippen LogP contribution in [0.25, 0.3) is 0 Å². The van der Waals surface area contributed by atoms with Crippen molar-refractivity contribution in [1.82, 2.24) is 0 Å². The second-order valence-electron chi connectivity index (χ2n) is 4.84. The summed E-state index contributed by atoms with van der Waals surface area (Å²) < 4.78 is 5.31. The monoisotopic (exact) mass is 223 g/mol. The van der Waals surface area contributed by atoms with Crippen molar-refractivity contribution >= 4 is 5.69 Å². The first-order valence-corrected chi connectivity index (χ1v) is 5.41. The molecule has 0 spiro atoms. The van der Waals surface area contributed by atoms with Crippen molar-refractivity contribution in [2.75, 3.05) is 25.6 Å². The van der Waals surface area contributed by atoms with Crippen LogP contribution >= 0.6 is 0 Å². The highest BCUT2D eigenvalue weighted by molar-refractivity contribution is 5.59. The maximum absolute atomic E-state index is 9.80. The molecule has 1 rings (SSSR count). The molecular formula is C13H21NO2. The summed E-state index contributed by atoms with van der Waals surface area (Å²) in [6, 6.07) is 6.02.